The topological polar surface area (TPSA) is 69.6 Å². The molecular formula is C18H22Cl2N2O3. The van der Waals surface area contributed by atoms with Crippen molar-refractivity contribution in [2.24, 2.45) is 0 Å². The molecule has 1 aromatic carbocycles. The van der Waals surface area contributed by atoms with Gasteiger partial charge in [0.05, 0.1) is 12.0 Å². The molecule has 2 fully saturated rings. The average molecular weight is 385 g/mol. The fourth-order valence-corrected chi connectivity index (χ4v) is 4.43. The lowest BCUT2D eigenvalue weighted by molar-refractivity contribution is -0.140. The molecule has 2 aliphatic carbocycles. The monoisotopic (exact) mass is 384 g/mol. The van der Waals surface area contributed by atoms with Crippen molar-refractivity contribution >= 4 is 35.1 Å². The molecule has 0 radical (unpaired) electrons. The van der Waals surface area contributed by atoms with E-state index in [1.165, 1.54) is 0 Å². The Balaban J connectivity index is 1.60. The highest BCUT2D eigenvalue weighted by Crippen LogP contribution is 2.53. The van der Waals surface area contributed by atoms with Gasteiger partial charge < -0.3 is 10.4 Å². The molecule has 7 heteroatoms. The normalized spacial score (nSPS) is 23.8. The predicted octanol–water partition coefficient (Wildman–Crippen LogP) is 3.08. The number of nitrogens with zero attached hydrogens (tertiary/aromatic N) is 1. The van der Waals surface area contributed by atoms with Crippen molar-refractivity contribution < 1.29 is 14.7 Å². The first-order valence-corrected chi connectivity index (χ1v) is 9.34. The summed E-state index contributed by atoms with van der Waals surface area (Å²) in [6.45, 7) is 2.69. The Morgan fingerprint density at radius 3 is 2.36 bits per heavy atom. The van der Waals surface area contributed by atoms with Crippen molar-refractivity contribution in [2.75, 3.05) is 13.1 Å². The van der Waals surface area contributed by atoms with Gasteiger partial charge in [-0.3, -0.25) is 14.5 Å². The van der Waals surface area contributed by atoms with E-state index in [1.807, 2.05) is 11.8 Å². The number of carbonyl (C=O) groups excluding carboxylic acids is 1. The van der Waals surface area contributed by atoms with Gasteiger partial charge in [0.25, 0.3) is 0 Å². The van der Waals surface area contributed by atoms with E-state index in [0.29, 0.717) is 16.6 Å². The number of carboxylic acid groups (broad SMARTS) is 1. The van der Waals surface area contributed by atoms with Crippen LogP contribution in [0.2, 0.25) is 10.0 Å². The van der Waals surface area contributed by atoms with E-state index in [0.717, 1.165) is 31.2 Å². The summed E-state index contributed by atoms with van der Waals surface area (Å²) in [7, 11) is 0. The molecule has 2 N–H and O–H groups in total. The molecule has 0 atom stereocenters. The summed E-state index contributed by atoms with van der Waals surface area (Å²) >= 11 is 12.6. The zero-order chi connectivity index (χ0) is 18.2. The molecule has 0 saturated heterocycles. The Labute approximate surface area is 157 Å². The maximum absolute atomic E-state index is 12.8. The Morgan fingerprint density at radius 1 is 1.28 bits per heavy atom. The first-order chi connectivity index (χ1) is 11.9. The Bertz CT molecular complexity index is 665. The average Bonchev–Trinajstić information content (AvgIpc) is 3.29. The molecule has 5 nitrogen and oxygen atoms in total. The van der Waals surface area contributed by atoms with Gasteiger partial charge in [-0.25, -0.2) is 0 Å². The van der Waals surface area contributed by atoms with E-state index < -0.39 is 11.4 Å². The van der Waals surface area contributed by atoms with Crippen molar-refractivity contribution in [2.45, 2.75) is 50.1 Å². The van der Waals surface area contributed by atoms with Crippen LogP contribution < -0.4 is 5.32 Å². The number of hydrogen-bond acceptors (Lipinski definition) is 3. The van der Waals surface area contributed by atoms with Gasteiger partial charge in [-0.05, 0) is 44.4 Å². The molecule has 136 valence electrons. The van der Waals surface area contributed by atoms with Crippen LogP contribution in [-0.4, -0.2) is 47.1 Å². The van der Waals surface area contributed by atoms with Crippen molar-refractivity contribution in [3.63, 3.8) is 0 Å². The predicted molar refractivity (Wildman–Crippen MR) is 97.2 cm³/mol. The second-order valence-electron chi connectivity index (χ2n) is 6.93. The Kier molecular flexibility index (Phi) is 5.28. The molecule has 2 saturated carbocycles. The number of nitrogens with one attached hydrogen (secondary N) is 1. The number of amides is 1. The number of halogens is 2. The summed E-state index contributed by atoms with van der Waals surface area (Å²) in [4.78, 5) is 25.7. The van der Waals surface area contributed by atoms with Gasteiger partial charge >= 0.3 is 5.97 Å². The second-order valence-corrected chi connectivity index (χ2v) is 7.75. The molecule has 1 amide bonds. The first-order valence-electron chi connectivity index (χ1n) is 8.58. The van der Waals surface area contributed by atoms with Gasteiger partial charge in [0, 0.05) is 27.7 Å². The summed E-state index contributed by atoms with van der Waals surface area (Å²) in [6.07, 6.45) is 3.05. The highest BCUT2D eigenvalue weighted by atomic mass is 35.5. The highest BCUT2D eigenvalue weighted by molar-refractivity contribution is 6.36. The quantitative estimate of drug-likeness (QED) is 0.757. The fraction of sp³-hybridized carbons (Fsp3) is 0.556. The Hall–Kier alpha value is -1.30. The van der Waals surface area contributed by atoms with Crippen molar-refractivity contribution in [3.05, 3.63) is 33.8 Å². The third kappa shape index (κ3) is 3.64. The standard InChI is InChI=1S/C18H22Cl2N2O3/c1-2-22(10-15(23)24)12-8-11(9-12)21-17(25)18(6-7-18)16-13(19)4-3-5-14(16)20/h3-5,11-12H,2,6-10H2,1H3,(H,21,25)(H,23,24). The van der Waals surface area contributed by atoms with Crippen molar-refractivity contribution in [1.29, 1.82) is 0 Å². The van der Waals surface area contributed by atoms with E-state index in [9.17, 15) is 9.59 Å². The lowest BCUT2D eigenvalue weighted by Crippen LogP contribution is -2.56. The van der Waals surface area contributed by atoms with E-state index >= 15 is 0 Å². The van der Waals surface area contributed by atoms with Crippen LogP contribution in [0.15, 0.2) is 18.2 Å². The number of hydrogen-bond donors (Lipinski definition) is 2. The minimum atomic E-state index is -0.820. The van der Waals surface area contributed by atoms with Crippen molar-refractivity contribution in [1.82, 2.24) is 10.2 Å². The smallest absolute Gasteiger partial charge is 0.317 e. The van der Waals surface area contributed by atoms with Crippen LogP contribution in [0.25, 0.3) is 0 Å². The third-order valence-corrected chi connectivity index (χ3v) is 5.97. The number of rotatable bonds is 7. The molecular weight excluding hydrogens is 363 g/mol. The first kappa shape index (κ1) is 18.5. The van der Waals surface area contributed by atoms with E-state index in [-0.39, 0.29) is 24.5 Å². The zero-order valence-electron chi connectivity index (χ0n) is 14.1. The molecule has 3 rings (SSSR count). The third-order valence-electron chi connectivity index (χ3n) is 5.34. The lowest BCUT2D eigenvalue weighted by Gasteiger charge is -2.42. The second kappa shape index (κ2) is 7.14. The molecule has 0 bridgehead atoms. The van der Waals surface area contributed by atoms with Gasteiger partial charge in [-0.1, -0.05) is 36.2 Å². The maximum Gasteiger partial charge on any atom is 0.317 e. The summed E-state index contributed by atoms with van der Waals surface area (Å²) in [5.74, 6) is -0.841. The Morgan fingerprint density at radius 2 is 1.88 bits per heavy atom. The van der Waals surface area contributed by atoms with Crippen LogP contribution in [0.3, 0.4) is 0 Å². The van der Waals surface area contributed by atoms with Gasteiger partial charge in [0.2, 0.25) is 5.91 Å². The molecule has 0 aromatic heterocycles. The van der Waals surface area contributed by atoms with Gasteiger partial charge in [-0.15, -0.1) is 0 Å². The van der Waals surface area contributed by atoms with Crippen LogP contribution in [0.1, 0.15) is 38.2 Å². The molecule has 2 aliphatic rings. The molecule has 0 unspecified atom stereocenters. The van der Waals surface area contributed by atoms with Crippen LogP contribution in [0, 0.1) is 0 Å². The largest absolute Gasteiger partial charge is 0.480 e. The molecule has 1 aromatic rings. The SMILES string of the molecule is CCN(CC(=O)O)C1CC(NC(=O)C2(c3c(Cl)cccc3Cl)CC2)C1. The minimum Gasteiger partial charge on any atom is -0.480 e. The van der Waals surface area contributed by atoms with Crippen LogP contribution >= 0.6 is 23.2 Å². The molecule has 0 heterocycles. The number of carboxylic acids is 1. The van der Waals surface area contributed by atoms with Gasteiger partial charge in [0.1, 0.15) is 0 Å². The summed E-state index contributed by atoms with van der Waals surface area (Å²) in [5.41, 5.74) is 0.124. The lowest BCUT2D eigenvalue weighted by atomic mass is 9.84. The maximum atomic E-state index is 12.8. The van der Waals surface area contributed by atoms with Gasteiger partial charge in [0.15, 0.2) is 0 Å². The van der Waals surface area contributed by atoms with Crippen LogP contribution in [0.5, 0.6) is 0 Å². The van der Waals surface area contributed by atoms with E-state index in [2.05, 4.69) is 5.32 Å². The number of benzene rings is 1. The summed E-state index contributed by atoms with van der Waals surface area (Å²) < 4.78 is 0. The summed E-state index contributed by atoms with van der Waals surface area (Å²) in [6, 6.07) is 5.60. The molecule has 0 spiro atoms. The van der Waals surface area contributed by atoms with Crippen molar-refractivity contribution in [3.8, 4) is 0 Å². The van der Waals surface area contributed by atoms with E-state index in [1.54, 1.807) is 18.2 Å². The minimum absolute atomic E-state index is 0.0211. The molecule has 25 heavy (non-hydrogen) atoms. The number of aliphatic carboxylic acids is 1. The zero-order valence-corrected chi connectivity index (χ0v) is 15.6. The van der Waals surface area contributed by atoms with Crippen LogP contribution in [-0.2, 0) is 15.0 Å². The summed E-state index contributed by atoms with van der Waals surface area (Å²) in [5, 5.41) is 13.1. The van der Waals surface area contributed by atoms with Gasteiger partial charge in [-0.2, -0.15) is 0 Å². The van der Waals surface area contributed by atoms with E-state index in [4.69, 9.17) is 28.3 Å². The van der Waals surface area contributed by atoms with Crippen LogP contribution in [0.4, 0.5) is 0 Å². The highest BCUT2D eigenvalue weighted by Gasteiger charge is 2.54. The number of likely N-dealkylation sites (N-methyl/N-ethyl adjacent to an activating group) is 1. The fourth-order valence-electron chi connectivity index (χ4n) is 3.67. The molecule has 0 aliphatic heterocycles. The number of carbonyl (C=O) groups is 2.